The van der Waals surface area contributed by atoms with E-state index in [2.05, 4.69) is 26.5 Å². The van der Waals surface area contributed by atoms with Crippen molar-refractivity contribution in [2.45, 2.75) is 6.10 Å². The van der Waals surface area contributed by atoms with Gasteiger partial charge in [-0.05, 0) is 18.2 Å². The predicted molar refractivity (Wildman–Crippen MR) is 86.2 cm³/mol. The van der Waals surface area contributed by atoms with Gasteiger partial charge in [-0.25, -0.2) is 5.43 Å². The molecule has 0 fully saturated rings. The first kappa shape index (κ1) is 14.6. The van der Waals surface area contributed by atoms with Crippen LogP contribution in [-0.2, 0) is 4.79 Å². The van der Waals surface area contributed by atoms with Crippen molar-refractivity contribution in [1.29, 1.82) is 0 Å². The van der Waals surface area contributed by atoms with Gasteiger partial charge in [0.2, 0.25) is 6.10 Å². The minimum atomic E-state index is -0.716. The number of hydrazone groups is 1. The van der Waals surface area contributed by atoms with Crippen LogP contribution in [0, 0.1) is 0 Å². The van der Waals surface area contributed by atoms with Crippen LogP contribution < -0.4 is 14.9 Å². The maximum Gasteiger partial charge on any atom is 0.284 e. The van der Waals surface area contributed by atoms with Gasteiger partial charge in [-0.3, -0.25) is 4.79 Å². The second-order valence-electron chi connectivity index (χ2n) is 4.62. The molecular formula is C16H13BrN2O3. The smallest absolute Gasteiger partial charge is 0.284 e. The number of hydrogen-bond donors (Lipinski definition) is 1. The molecule has 3 rings (SSSR count). The van der Waals surface area contributed by atoms with Crippen molar-refractivity contribution < 1.29 is 14.3 Å². The van der Waals surface area contributed by atoms with Gasteiger partial charge in [0.1, 0.15) is 6.61 Å². The molecule has 0 radical (unpaired) electrons. The highest BCUT2D eigenvalue weighted by atomic mass is 79.9. The quantitative estimate of drug-likeness (QED) is 0.676. The van der Waals surface area contributed by atoms with E-state index in [1.807, 2.05) is 36.4 Å². The lowest BCUT2D eigenvalue weighted by atomic mass is 10.2. The van der Waals surface area contributed by atoms with Crippen molar-refractivity contribution in [3.63, 3.8) is 0 Å². The number of nitrogens with zero attached hydrogens (tertiary/aromatic N) is 1. The Morgan fingerprint density at radius 1 is 1.18 bits per heavy atom. The number of nitrogens with one attached hydrogen (secondary N) is 1. The summed E-state index contributed by atoms with van der Waals surface area (Å²) in [6.07, 6.45) is 0.853. The number of rotatable bonds is 3. The fraction of sp³-hybridized carbons (Fsp3) is 0.125. The molecule has 0 aromatic heterocycles. The van der Waals surface area contributed by atoms with Crippen LogP contribution in [0.5, 0.6) is 11.5 Å². The van der Waals surface area contributed by atoms with Crippen LogP contribution in [0.25, 0.3) is 0 Å². The van der Waals surface area contributed by atoms with Gasteiger partial charge >= 0.3 is 0 Å². The first-order valence-corrected chi connectivity index (χ1v) is 7.49. The van der Waals surface area contributed by atoms with E-state index in [0.717, 1.165) is 10.0 Å². The SMILES string of the molecule is O=C(NN=Cc1ccccc1Br)[C@H]1COc2ccccc2O1. The van der Waals surface area contributed by atoms with Gasteiger partial charge in [0.05, 0.1) is 6.21 Å². The molecular weight excluding hydrogens is 348 g/mol. The summed E-state index contributed by atoms with van der Waals surface area (Å²) in [4.78, 5) is 12.0. The first-order chi connectivity index (χ1) is 10.7. The number of hydrogen-bond acceptors (Lipinski definition) is 4. The third-order valence-electron chi connectivity index (χ3n) is 3.08. The zero-order valence-electron chi connectivity index (χ0n) is 11.5. The number of amides is 1. The zero-order valence-corrected chi connectivity index (χ0v) is 13.1. The Morgan fingerprint density at radius 3 is 2.73 bits per heavy atom. The molecule has 1 aliphatic rings. The highest BCUT2D eigenvalue weighted by Crippen LogP contribution is 2.30. The summed E-state index contributed by atoms with van der Waals surface area (Å²) in [6, 6.07) is 14.8. The lowest BCUT2D eigenvalue weighted by molar-refractivity contribution is -0.130. The van der Waals surface area contributed by atoms with Crippen molar-refractivity contribution in [1.82, 2.24) is 5.43 Å². The summed E-state index contributed by atoms with van der Waals surface area (Å²) in [5.74, 6) is 0.852. The number of carbonyl (C=O) groups is 1. The van der Waals surface area contributed by atoms with E-state index >= 15 is 0 Å². The Morgan fingerprint density at radius 2 is 1.91 bits per heavy atom. The third kappa shape index (κ3) is 3.28. The number of halogens is 1. The molecule has 112 valence electrons. The predicted octanol–water partition coefficient (Wildman–Crippen LogP) is 2.74. The summed E-state index contributed by atoms with van der Waals surface area (Å²) < 4.78 is 12.0. The fourth-order valence-electron chi connectivity index (χ4n) is 1.97. The van der Waals surface area contributed by atoms with Crippen molar-refractivity contribution in [2.75, 3.05) is 6.61 Å². The number of ether oxygens (including phenoxy) is 2. The van der Waals surface area contributed by atoms with E-state index < -0.39 is 6.10 Å². The second-order valence-corrected chi connectivity index (χ2v) is 5.47. The van der Waals surface area contributed by atoms with Gasteiger partial charge in [0.15, 0.2) is 11.5 Å². The molecule has 0 spiro atoms. The van der Waals surface area contributed by atoms with Gasteiger partial charge in [-0.1, -0.05) is 46.3 Å². The molecule has 1 aliphatic heterocycles. The molecule has 2 aromatic carbocycles. The minimum absolute atomic E-state index is 0.160. The molecule has 0 aliphatic carbocycles. The molecule has 22 heavy (non-hydrogen) atoms. The maximum absolute atomic E-state index is 12.0. The van der Waals surface area contributed by atoms with Gasteiger partial charge in [-0.2, -0.15) is 5.10 Å². The summed E-state index contributed by atoms with van der Waals surface area (Å²) in [7, 11) is 0. The molecule has 0 saturated heterocycles. The highest BCUT2D eigenvalue weighted by Gasteiger charge is 2.26. The van der Waals surface area contributed by atoms with E-state index in [1.165, 1.54) is 0 Å². The largest absolute Gasteiger partial charge is 0.485 e. The molecule has 1 heterocycles. The Hall–Kier alpha value is -2.34. The Kier molecular flexibility index (Phi) is 4.39. The number of benzene rings is 2. The molecule has 0 bridgehead atoms. The van der Waals surface area contributed by atoms with Gasteiger partial charge < -0.3 is 9.47 Å². The van der Waals surface area contributed by atoms with Crippen molar-refractivity contribution in [3.05, 3.63) is 58.6 Å². The molecule has 5 nitrogen and oxygen atoms in total. The van der Waals surface area contributed by atoms with Crippen molar-refractivity contribution >= 4 is 28.1 Å². The van der Waals surface area contributed by atoms with Gasteiger partial charge in [0.25, 0.3) is 5.91 Å². The van der Waals surface area contributed by atoms with Crippen molar-refractivity contribution in [3.8, 4) is 11.5 Å². The standard InChI is InChI=1S/C16H13BrN2O3/c17-12-6-2-1-5-11(12)9-18-19-16(20)15-10-21-13-7-3-4-8-14(13)22-15/h1-9,15H,10H2,(H,19,20)/t15-/m1/s1. The Balaban J connectivity index is 1.60. The lowest BCUT2D eigenvalue weighted by Gasteiger charge is -2.24. The Labute approximate surface area is 136 Å². The average molecular weight is 361 g/mol. The topological polar surface area (TPSA) is 59.9 Å². The van der Waals surface area contributed by atoms with Crippen LogP contribution in [0.2, 0.25) is 0 Å². The van der Waals surface area contributed by atoms with E-state index in [1.54, 1.807) is 18.3 Å². The Bertz CT molecular complexity index is 718. The fourth-order valence-corrected chi connectivity index (χ4v) is 2.35. The summed E-state index contributed by atoms with van der Waals surface area (Å²) in [6.45, 7) is 0.160. The number of para-hydroxylation sites is 2. The normalized spacial score (nSPS) is 16.5. The van der Waals surface area contributed by atoms with E-state index in [4.69, 9.17) is 9.47 Å². The van der Waals surface area contributed by atoms with E-state index in [-0.39, 0.29) is 12.5 Å². The first-order valence-electron chi connectivity index (χ1n) is 6.70. The van der Waals surface area contributed by atoms with E-state index in [9.17, 15) is 4.79 Å². The van der Waals surface area contributed by atoms with Crippen LogP contribution in [-0.4, -0.2) is 24.8 Å². The molecule has 1 atom stereocenters. The van der Waals surface area contributed by atoms with Gasteiger partial charge in [0, 0.05) is 10.0 Å². The monoisotopic (exact) mass is 360 g/mol. The molecule has 1 amide bonds. The number of fused-ring (bicyclic) bond motifs is 1. The second kappa shape index (κ2) is 6.62. The highest BCUT2D eigenvalue weighted by molar-refractivity contribution is 9.10. The molecule has 0 saturated carbocycles. The maximum atomic E-state index is 12.0. The average Bonchev–Trinajstić information content (AvgIpc) is 2.56. The van der Waals surface area contributed by atoms with E-state index in [0.29, 0.717) is 11.5 Å². The molecule has 1 N–H and O–H groups in total. The number of carbonyl (C=O) groups excluding carboxylic acids is 1. The van der Waals surface area contributed by atoms with Crippen LogP contribution in [0.3, 0.4) is 0 Å². The molecule has 6 heteroatoms. The molecule has 0 unspecified atom stereocenters. The van der Waals surface area contributed by atoms with Crippen LogP contribution in [0.15, 0.2) is 58.1 Å². The van der Waals surface area contributed by atoms with Crippen LogP contribution in [0.4, 0.5) is 0 Å². The summed E-state index contributed by atoms with van der Waals surface area (Å²) >= 11 is 3.41. The molecule has 2 aromatic rings. The van der Waals surface area contributed by atoms with Crippen molar-refractivity contribution in [2.24, 2.45) is 5.10 Å². The minimum Gasteiger partial charge on any atom is -0.485 e. The van der Waals surface area contributed by atoms with Crippen LogP contribution >= 0.6 is 15.9 Å². The van der Waals surface area contributed by atoms with Crippen LogP contribution in [0.1, 0.15) is 5.56 Å². The van der Waals surface area contributed by atoms with Gasteiger partial charge in [-0.15, -0.1) is 0 Å². The summed E-state index contributed by atoms with van der Waals surface area (Å²) in [5, 5.41) is 3.94. The zero-order chi connectivity index (χ0) is 15.4. The lowest BCUT2D eigenvalue weighted by Crippen LogP contribution is -2.42. The summed E-state index contributed by atoms with van der Waals surface area (Å²) in [5.41, 5.74) is 3.33. The third-order valence-corrected chi connectivity index (χ3v) is 3.81.